The van der Waals surface area contributed by atoms with Crippen LogP contribution in [-0.2, 0) is 16.1 Å². The number of nitro groups is 1. The van der Waals surface area contributed by atoms with E-state index in [0.717, 1.165) is 37.5 Å². The summed E-state index contributed by atoms with van der Waals surface area (Å²) in [7, 11) is 1.70. The van der Waals surface area contributed by atoms with Crippen LogP contribution in [0.5, 0.6) is 0 Å². The van der Waals surface area contributed by atoms with Crippen LogP contribution in [0.1, 0.15) is 25.3 Å². The van der Waals surface area contributed by atoms with Gasteiger partial charge in [0.15, 0.2) is 5.96 Å². The van der Waals surface area contributed by atoms with Crippen molar-refractivity contribution >= 4 is 17.6 Å². The SMILES string of the molecule is CCOC(=O)C1CCN(C(=NC)NCc2cccc([N+](=O)[O-])c2)CC1. The van der Waals surface area contributed by atoms with E-state index in [9.17, 15) is 14.9 Å². The molecular formula is C17H24N4O4. The predicted molar refractivity (Wildman–Crippen MR) is 94.2 cm³/mol. The Balaban J connectivity index is 1.88. The highest BCUT2D eigenvalue weighted by Crippen LogP contribution is 2.19. The number of rotatable bonds is 5. The van der Waals surface area contributed by atoms with Crippen molar-refractivity contribution < 1.29 is 14.5 Å². The number of hydrogen-bond acceptors (Lipinski definition) is 5. The molecule has 1 heterocycles. The first-order valence-corrected chi connectivity index (χ1v) is 8.40. The number of benzene rings is 1. The summed E-state index contributed by atoms with van der Waals surface area (Å²) in [5.74, 6) is 0.557. The molecule has 1 aliphatic rings. The quantitative estimate of drug-likeness (QED) is 0.287. The highest BCUT2D eigenvalue weighted by Gasteiger charge is 2.27. The molecule has 0 aliphatic carbocycles. The lowest BCUT2D eigenvalue weighted by Gasteiger charge is -2.33. The predicted octanol–water partition coefficient (Wildman–Crippen LogP) is 1.95. The lowest BCUT2D eigenvalue weighted by molar-refractivity contribution is -0.384. The summed E-state index contributed by atoms with van der Waals surface area (Å²) < 4.78 is 5.08. The molecule has 1 aromatic rings. The van der Waals surface area contributed by atoms with Crippen molar-refractivity contribution in [1.29, 1.82) is 0 Å². The van der Waals surface area contributed by atoms with Gasteiger partial charge in [0.2, 0.25) is 0 Å². The van der Waals surface area contributed by atoms with Crippen LogP contribution < -0.4 is 5.32 Å². The molecule has 0 atom stereocenters. The van der Waals surface area contributed by atoms with E-state index in [1.165, 1.54) is 6.07 Å². The third-order valence-corrected chi connectivity index (χ3v) is 4.20. The van der Waals surface area contributed by atoms with Crippen LogP contribution in [0.2, 0.25) is 0 Å². The van der Waals surface area contributed by atoms with Crippen molar-refractivity contribution in [2.45, 2.75) is 26.3 Å². The maximum atomic E-state index is 11.8. The summed E-state index contributed by atoms with van der Waals surface area (Å²) in [5.41, 5.74) is 0.890. The van der Waals surface area contributed by atoms with Crippen molar-refractivity contribution in [3.63, 3.8) is 0 Å². The molecule has 1 aromatic carbocycles. The number of carbonyl (C=O) groups is 1. The minimum Gasteiger partial charge on any atom is -0.466 e. The Morgan fingerprint density at radius 3 is 2.76 bits per heavy atom. The molecular weight excluding hydrogens is 324 g/mol. The van der Waals surface area contributed by atoms with E-state index in [-0.39, 0.29) is 17.6 Å². The Kier molecular flexibility index (Phi) is 6.73. The largest absolute Gasteiger partial charge is 0.466 e. The summed E-state index contributed by atoms with van der Waals surface area (Å²) in [6, 6.07) is 6.52. The van der Waals surface area contributed by atoms with Crippen molar-refractivity contribution in [3.05, 3.63) is 39.9 Å². The van der Waals surface area contributed by atoms with Gasteiger partial charge < -0.3 is 15.0 Å². The van der Waals surface area contributed by atoms with E-state index in [0.29, 0.717) is 13.2 Å². The van der Waals surface area contributed by atoms with Gasteiger partial charge in [-0.05, 0) is 25.3 Å². The number of guanidine groups is 1. The van der Waals surface area contributed by atoms with Crippen molar-refractivity contribution in [2.24, 2.45) is 10.9 Å². The number of nitrogens with zero attached hydrogens (tertiary/aromatic N) is 3. The van der Waals surface area contributed by atoms with Crippen molar-refractivity contribution in [1.82, 2.24) is 10.2 Å². The average Bonchev–Trinajstić information content (AvgIpc) is 2.63. The summed E-state index contributed by atoms with van der Waals surface area (Å²) in [4.78, 5) is 28.6. The molecule has 1 fully saturated rings. The summed E-state index contributed by atoms with van der Waals surface area (Å²) in [5, 5.41) is 14.1. The first-order valence-electron chi connectivity index (χ1n) is 8.40. The first-order chi connectivity index (χ1) is 12.0. The molecule has 8 heteroatoms. The smallest absolute Gasteiger partial charge is 0.309 e. The monoisotopic (exact) mass is 348 g/mol. The third kappa shape index (κ3) is 5.17. The van der Waals surface area contributed by atoms with E-state index >= 15 is 0 Å². The number of piperidine rings is 1. The molecule has 1 saturated heterocycles. The maximum Gasteiger partial charge on any atom is 0.309 e. The van der Waals surface area contributed by atoms with E-state index in [1.54, 1.807) is 19.2 Å². The molecule has 25 heavy (non-hydrogen) atoms. The fourth-order valence-corrected chi connectivity index (χ4v) is 2.88. The van der Waals surface area contributed by atoms with Gasteiger partial charge in [0.1, 0.15) is 0 Å². The van der Waals surface area contributed by atoms with Gasteiger partial charge in [-0.3, -0.25) is 19.9 Å². The zero-order valence-electron chi connectivity index (χ0n) is 14.6. The van der Waals surface area contributed by atoms with Crippen LogP contribution in [-0.4, -0.2) is 48.5 Å². The third-order valence-electron chi connectivity index (χ3n) is 4.20. The fourth-order valence-electron chi connectivity index (χ4n) is 2.88. The summed E-state index contributed by atoms with van der Waals surface area (Å²) >= 11 is 0. The molecule has 1 N–H and O–H groups in total. The summed E-state index contributed by atoms with van der Waals surface area (Å²) in [6.07, 6.45) is 1.46. The number of esters is 1. The number of non-ortho nitro benzene ring substituents is 1. The second-order valence-electron chi connectivity index (χ2n) is 5.84. The highest BCUT2D eigenvalue weighted by atomic mass is 16.6. The number of carbonyl (C=O) groups excluding carboxylic acids is 1. The van der Waals surface area contributed by atoms with Gasteiger partial charge in [-0.2, -0.15) is 0 Å². The molecule has 0 bridgehead atoms. The topological polar surface area (TPSA) is 97.1 Å². The van der Waals surface area contributed by atoms with E-state index < -0.39 is 4.92 Å². The Hall–Kier alpha value is -2.64. The second-order valence-corrected chi connectivity index (χ2v) is 5.84. The molecule has 136 valence electrons. The molecule has 8 nitrogen and oxygen atoms in total. The number of ether oxygens (including phenoxy) is 1. The fraction of sp³-hybridized carbons (Fsp3) is 0.529. The van der Waals surface area contributed by atoms with Gasteiger partial charge >= 0.3 is 5.97 Å². The molecule has 1 aliphatic heterocycles. The Bertz CT molecular complexity index is 639. The number of likely N-dealkylation sites (tertiary alicyclic amines) is 1. The van der Waals surface area contributed by atoms with E-state index in [2.05, 4.69) is 15.2 Å². The first kappa shape index (κ1) is 18.7. The van der Waals surface area contributed by atoms with Gasteiger partial charge in [-0.1, -0.05) is 12.1 Å². The van der Waals surface area contributed by atoms with Crippen molar-refractivity contribution in [3.8, 4) is 0 Å². The second kappa shape index (κ2) is 9.00. The lowest BCUT2D eigenvalue weighted by atomic mass is 9.97. The number of hydrogen-bond donors (Lipinski definition) is 1. The minimum atomic E-state index is -0.404. The maximum absolute atomic E-state index is 11.8. The lowest BCUT2D eigenvalue weighted by Crippen LogP contribution is -2.46. The molecule has 2 rings (SSSR count). The van der Waals surface area contributed by atoms with Crippen LogP contribution in [0.3, 0.4) is 0 Å². The Labute approximate surface area is 147 Å². The number of nitrogens with one attached hydrogen (secondary N) is 1. The van der Waals surface area contributed by atoms with E-state index in [4.69, 9.17) is 4.74 Å². The molecule has 0 aromatic heterocycles. The molecule has 0 unspecified atom stereocenters. The molecule has 0 amide bonds. The zero-order valence-corrected chi connectivity index (χ0v) is 14.6. The van der Waals surface area contributed by atoms with Crippen LogP contribution in [0.25, 0.3) is 0 Å². The summed E-state index contributed by atoms with van der Waals surface area (Å²) in [6.45, 7) is 4.11. The zero-order chi connectivity index (χ0) is 18.2. The highest BCUT2D eigenvalue weighted by molar-refractivity contribution is 5.80. The molecule has 0 radical (unpaired) electrons. The van der Waals surface area contributed by atoms with Crippen LogP contribution >= 0.6 is 0 Å². The standard InChI is InChI=1S/C17H24N4O4/c1-3-25-16(22)14-7-9-20(10-8-14)17(18-2)19-12-13-5-4-6-15(11-13)21(23)24/h4-6,11,14H,3,7-10,12H2,1-2H3,(H,18,19). The van der Waals surface area contributed by atoms with Gasteiger partial charge in [0.05, 0.1) is 17.4 Å². The molecule has 0 spiro atoms. The van der Waals surface area contributed by atoms with Gasteiger partial charge in [0.25, 0.3) is 5.69 Å². The minimum absolute atomic E-state index is 0.0499. The van der Waals surface area contributed by atoms with Gasteiger partial charge in [-0.25, -0.2) is 0 Å². The average molecular weight is 348 g/mol. The van der Waals surface area contributed by atoms with Crippen LogP contribution in [0, 0.1) is 16.0 Å². The molecule has 0 saturated carbocycles. The Morgan fingerprint density at radius 1 is 1.44 bits per heavy atom. The van der Waals surface area contributed by atoms with Gasteiger partial charge in [0, 0.05) is 38.8 Å². The van der Waals surface area contributed by atoms with Crippen LogP contribution in [0.15, 0.2) is 29.3 Å². The van der Waals surface area contributed by atoms with Gasteiger partial charge in [-0.15, -0.1) is 0 Å². The van der Waals surface area contributed by atoms with E-state index in [1.807, 2.05) is 13.0 Å². The van der Waals surface area contributed by atoms with Crippen molar-refractivity contribution in [2.75, 3.05) is 26.7 Å². The number of aliphatic imine (C=N–C) groups is 1. The Morgan fingerprint density at radius 2 is 2.16 bits per heavy atom. The van der Waals surface area contributed by atoms with Crippen LogP contribution in [0.4, 0.5) is 5.69 Å². The normalized spacial score (nSPS) is 15.8. The number of nitro benzene ring substituents is 1.